The Bertz CT molecular complexity index is 548. The van der Waals surface area contributed by atoms with Crippen LogP contribution in [0.1, 0.15) is 13.8 Å². The van der Waals surface area contributed by atoms with Crippen molar-refractivity contribution in [3.63, 3.8) is 0 Å². The molecule has 1 unspecified atom stereocenters. The van der Waals surface area contributed by atoms with Crippen LogP contribution in [-0.4, -0.2) is 54.7 Å². The van der Waals surface area contributed by atoms with Crippen LogP contribution < -0.4 is 40.4 Å². The predicted molar refractivity (Wildman–Crippen MR) is 60.9 cm³/mol. The molecule has 0 aliphatic carbocycles. The maximum Gasteiger partial charge on any atom is 1.00 e. The minimum atomic E-state index is -3.87. The fourth-order valence-electron chi connectivity index (χ4n) is 2.78. The van der Waals surface area contributed by atoms with Crippen LogP contribution in [0.5, 0.6) is 0 Å². The molecule has 2 saturated heterocycles. The first-order valence-electron chi connectivity index (χ1n) is 5.64. The summed E-state index contributed by atoms with van der Waals surface area (Å²) in [6.45, 7) is 2.54. The zero-order valence-corrected chi connectivity index (χ0v) is 14.5. The van der Waals surface area contributed by atoms with Gasteiger partial charge in [0.15, 0.2) is 15.2 Å². The minimum absolute atomic E-state index is 0. The Morgan fingerprint density at radius 1 is 1.50 bits per heavy atom. The number of fused-ring (bicyclic) bond motifs is 1. The van der Waals surface area contributed by atoms with Crippen molar-refractivity contribution >= 4 is 21.7 Å². The number of sulfone groups is 1. The zero-order chi connectivity index (χ0) is 14.7. The van der Waals surface area contributed by atoms with Crippen molar-refractivity contribution in [1.82, 2.24) is 4.90 Å². The molecule has 1 amide bonds. The Morgan fingerprint density at radius 3 is 2.40 bits per heavy atom. The number of carboxylic acid groups (broad SMARTS) is 1. The average Bonchev–Trinajstić information content (AvgIpc) is 2.43. The fraction of sp³-hybridized carbons (Fsp3) is 0.800. The fourth-order valence-corrected chi connectivity index (χ4v) is 5.10. The molecule has 2 rings (SSSR count). The number of nitrogens with zero attached hydrogens (tertiary/aromatic N) is 1. The Balaban J connectivity index is 0.00000200. The number of hydrogen-bond donors (Lipinski definition) is 1. The van der Waals surface area contributed by atoms with E-state index >= 15 is 0 Å². The summed E-state index contributed by atoms with van der Waals surface area (Å²) in [5, 5.41) is 9.90. The number of ether oxygens (including phenoxy) is 1. The first-order valence-corrected chi connectivity index (χ1v) is 7.18. The Morgan fingerprint density at radius 2 is 2.00 bits per heavy atom. The van der Waals surface area contributed by atoms with E-state index in [0.717, 1.165) is 4.90 Å². The maximum absolute atomic E-state index is 12.4. The summed E-state index contributed by atoms with van der Waals surface area (Å²) in [6, 6.07) is -1.50. The maximum atomic E-state index is 12.4. The van der Waals surface area contributed by atoms with Crippen LogP contribution in [0.4, 0.5) is 0 Å². The van der Waals surface area contributed by atoms with Crippen LogP contribution in [0.2, 0.25) is 0 Å². The van der Waals surface area contributed by atoms with Crippen LogP contribution >= 0.6 is 0 Å². The van der Waals surface area contributed by atoms with E-state index in [0.29, 0.717) is 0 Å². The van der Waals surface area contributed by atoms with E-state index in [2.05, 4.69) is 0 Å². The van der Waals surface area contributed by atoms with Crippen LogP contribution in [0, 0.1) is 5.92 Å². The van der Waals surface area contributed by atoms with Gasteiger partial charge < -0.3 is 25.3 Å². The van der Waals surface area contributed by atoms with Crippen LogP contribution in [0.25, 0.3) is 0 Å². The van der Waals surface area contributed by atoms with E-state index in [1.807, 2.05) is 0 Å². The van der Waals surface area contributed by atoms with Gasteiger partial charge in [-0.05, 0) is 13.8 Å². The van der Waals surface area contributed by atoms with Gasteiger partial charge in [0.2, 0.25) is 5.91 Å². The van der Waals surface area contributed by atoms with Crippen molar-refractivity contribution in [2.45, 2.75) is 36.2 Å². The second-order valence-corrected chi connectivity index (χ2v) is 7.86. The predicted octanol–water partition coefficient (Wildman–Crippen LogP) is -5.97. The number of β-lactam (4-membered cyclic amide) rings is 1. The van der Waals surface area contributed by atoms with Gasteiger partial charge in [-0.15, -0.1) is 0 Å². The average molecular weight is 314 g/mol. The number of carbonyl (C=O) groups is 2. The van der Waals surface area contributed by atoms with Gasteiger partial charge in [0.05, 0.1) is 16.8 Å². The van der Waals surface area contributed by atoms with E-state index in [9.17, 15) is 23.1 Å². The SMILES string of the molecule is COC(N)[C@H]1C(=O)N2[C@@H](C(=O)[O-])C(C)(C)S(=O)(=O)[C@H]12.[Na+]. The van der Waals surface area contributed by atoms with Gasteiger partial charge in [-0.3, -0.25) is 4.79 Å². The van der Waals surface area contributed by atoms with E-state index in [-0.39, 0.29) is 29.6 Å². The molecule has 4 atom stereocenters. The zero-order valence-electron chi connectivity index (χ0n) is 11.7. The van der Waals surface area contributed by atoms with E-state index in [4.69, 9.17) is 10.5 Å². The minimum Gasteiger partial charge on any atom is -0.548 e. The second kappa shape index (κ2) is 5.22. The van der Waals surface area contributed by atoms with Gasteiger partial charge in [-0.2, -0.15) is 0 Å². The van der Waals surface area contributed by atoms with Crippen molar-refractivity contribution in [3.8, 4) is 0 Å². The molecule has 0 aromatic rings. The molecule has 2 heterocycles. The third kappa shape index (κ3) is 1.95. The third-order valence-electron chi connectivity index (χ3n) is 3.96. The molecule has 0 aromatic carbocycles. The molecule has 0 spiro atoms. The van der Waals surface area contributed by atoms with Gasteiger partial charge in [-0.25, -0.2) is 8.42 Å². The molecule has 0 aromatic heterocycles. The number of hydrogen-bond acceptors (Lipinski definition) is 7. The molecule has 108 valence electrons. The quantitative estimate of drug-likeness (QED) is 0.312. The Kier molecular flexibility index (Phi) is 4.66. The molecule has 20 heavy (non-hydrogen) atoms. The second-order valence-electron chi connectivity index (χ2n) is 5.23. The molecule has 2 aliphatic heterocycles. The summed E-state index contributed by atoms with van der Waals surface area (Å²) >= 11 is 0. The van der Waals surface area contributed by atoms with Crippen LogP contribution in [0.3, 0.4) is 0 Å². The van der Waals surface area contributed by atoms with Gasteiger partial charge in [0, 0.05) is 7.11 Å². The Hall–Kier alpha value is -0.190. The summed E-state index contributed by atoms with van der Waals surface area (Å²) in [7, 11) is -2.62. The van der Waals surface area contributed by atoms with E-state index in [1.54, 1.807) is 0 Å². The molecule has 2 N–H and O–H groups in total. The molecule has 0 saturated carbocycles. The number of carbonyl (C=O) groups excluding carboxylic acids is 2. The molecule has 8 nitrogen and oxygen atoms in total. The molecular weight excluding hydrogens is 299 g/mol. The standard InChI is InChI=1S/C10H16N2O6S.Na/c1-10(2)5(9(14)15)12-7(13)4(6(11)18-3)8(12)19(10,16)17;/h4-6,8H,11H2,1-3H3,(H,14,15);/q;+1/p-1/t4-,5-,6?,8+;/m0./s1. The number of nitrogens with two attached hydrogens (primary N) is 1. The van der Waals surface area contributed by atoms with Crippen molar-refractivity contribution in [2.24, 2.45) is 11.7 Å². The normalized spacial score (nSPS) is 34.7. The Labute approximate surface area is 138 Å². The monoisotopic (exact) mass is 314 g/mol. The largest absolute Gasteiger partial charge is 1.00 e. The molecular formula is C10H15N2NaO6S. The van der Waals surface area contributed by atoms with Crippen LogP contribution in [-0.2, 0) is 24.2 Å². The van der Waals surface area contributed by atoms with E-state index < -0.39 is 50.0 Å². The molecule has 0 bridgehead atoms. The summed E-state index contributed by atoms with van der Waals surface area (Å²) in [4.78, 5) is 23.9. The molecule has 0 radical (unpaired) electrons. The topological polar surface area (TPSA) is 130 Å². The summed E-state index contributed by atoms with van der Waals surface area (Å²) in [5.74, 6) is -3.30. The third-order valence-corrected chi connectivity index (χ3v) is 6.80. The van der Waals surface area contributed by atoms with Crippen LogP contribution in [0.15, 0.2) is 0 Å². The summed E-state index contributed by atoms with van der Waals surface area (Å²) in [5.41, 5.74) is 5.56. The number of amides is 1. The number of rotatable bonds is 3. The van der Waals surface area contributed by atoms with Gasteiger partial charge in [0.1, 0.15) is 12.1 Å². The van der Waals surface area contributed by atoms with Crippen molar-refractivity contribution in [1.29, 1.82) is 0 Å². The van der Waals surface area contributed by atoms with Crippen molar-refractivity contribution < 1.29 is 57.4 Å². The van der Waals surface area contributed by atoms with Gasteiger partial charge >= 0.3 is 29.6 Å². The van der Waals surface area contributed by atoms with Gasteiger partial charge in [0.25, 0.3) is 0 Å². The summed E-state index contributed by atoms with van der Waals surface area (Å²) in [6.07, 6.45) is -1.08. The van der Waals surface area contributed by atoms with Crippen molar-refractivity contribution in [3.05, 3.63) is 0 Å². The van der Waals surface area contributed by atoms with Crippen molar-refractivity contribution in [2.75, 3.05) is 7.11 Å². The first-order chi connectivity index (χ1) is 8.59. The number of aliphatic carboxylic acids is 1. The molecule has 10 heteroatoms. The smallest absolute Gasteiger partial charge is 0.548 e. The summed E-state index contributed by atoms with van der Waals surface area (Å²) < 4.78 is 27.9. The molecule has 2 aliphatic rings. The number of carboxylic acids is 1. The van der Waals surface area contributed by atoms with Gasteiger partial charge in [-0.1, -0.05) is 0 Å². The number of methoxy groups -OCH3 is 1. The van der Waals surface area contributed by atoms with E-state index in [1.165, 1.54) is 21.0 Å². The first kappa shape index (κ1) is 17.9. The molecule has 2 fully saturated rings.